The van der Waals surface area contributed by atoms with Crippen molar-refractivity contribution in [3.05, 3.63) is 57.7 Å². The average molecular weight is 653 g/mol. The quantitative estimate of drug-likeness (QED) is 0.119. The maximum Gasteiger partial charge on any atom is 0.280 e. The number of H-pyrrole nitrogens is 2. The van der Waals surface area contributed by atoms with Crippen LogP contribution in [0.5, 0.6) is 0 Å². The number of nitrogens with two attached hydrogens (primary N) is 2. The van der Waals surface area contributed by atoms with Crippen LogP contribution < -0.4 is 22.6 Å². The lowest BCUT2D eigenvalue weighted by Gasteiger charge is -2.43. The van der Waals surface area contributed by atoms with Gasteiger partial charge in [-0.3, -0.25) is 19.6 Å². The molecule has 0 amide bonds. The highest BCUT2D eigenvalue weighted by Gasteiger charge is 2.54. The van der Waals surface area contributed by atoms with Crippen LogP contribution in [0.2, 0.25) is 37.3 Å². The van der Waals surface area contributed by atoms with E-state index in [4.69, 9.17) is 15.6 Å². The minimum atomic E-state index is -2.56. The van der Waals surface area contributed by atoms with Crippen LogP contribution in [-0.2, 0) is 4.12 Å². The predicted molar refractivity (Wildman–Crippen MR) is 175 cm³/mol. The Kier molecular flexibility index (Phi) is 7.51. The molecule has 0 aromatic carbocycles. The van der Waals surface area contributed by atoms with Crippen molar-refractivity contribution in [1.29, 1.82) is 0 Å². The van der Waals surface area contributed by atoms with Gasteiger partial charge in [0.05, 0.1) is 24.7 Å². The second-order valence-corrected chi connectivity index (χ2v) is 22.0. The van der Waals surface area contributed by atoms with E-state index in [2.05, 4.69) is 69.2 Å². The van der Waals surface area contributed by atoms with Crippen molar-refractivity contribution in [3.63, 3.8) is 0 Å². The van der Waals surface area contributed by atoms with Crippen LogP contribution >= 0.6 is 0 Å². The minimum Gasteiger partial charge on any atom is -0.455 e. The van der Waals surface area contributed by atoms with Crippen molar-refractivity contribution < 1.29 is 14.3 Å². The van der Waals surface area contributed by atoms with Gasteiger partial charge in [-0.15, -0.1) is 0 Å². The molecule has 0 unspecified atom stereocenters. The molecular weight excluding hydrogens is 613 g/mol. The van der Waals surface area contributed by atoms with E-state index in [1.165, 1.54) is 0 Å². The molecule has 17 heteroatoms. The molecule has 2 aliphatic carbocycles. The van der Waals surface area contributed by atoms with Crippen LogP contribution in [0.1, 0.15) is 24.9 Å². The van der Waals surface area contributed by atoms with Gasteiger partial charge in [-0.25, -0.2) is 9.97 Å². The highest BCUT2D eigenvalue weighted by Crippen LogP contribution is 2.56. The molecule has 4 aromatic heterocycles. The number of nitrogen functional groups attached to an aromatic ring is 2. The number of aliphatic hydroxyl groups is 2. The van der Waals surface area contributed by atoms with Crippen molar-refractivity contribution in [3.8, 4) is 0 Å². The Morgan fingerprint density at radius 3 is 1.56 bits per heavy atom. The first-order chi connectivity index (χ1) is 21.2. The van der Waals surface area contributed by atoms with Crippen LogP contribution in [0.15, 0.2) is 46.5 Å². The van der Waals surface area contributed by atoms with Gasteiger partial charge in [0, 0.05) is 25.0 Å². The van der Waals surface area contributed by atoms with E-state index in [9.17, 15) is 19.8 Å². The number of hydrogen-bond donors (Lipinski definition) is 6. The maximum atomic E-state index is 12.4. The van der Waals surface area contributed by atoms with Crippen LogP contribution in [0, 0.1) is 11.8 Å². The summed E-state index contributed by atoms with van der Waals surface area (Å²) in [6, 6.07) is -0.492. The summed E-state index contributed by atoms with van der Waals surface area (Å²) in [5.41, 5.74) is 13.7. The van der Waals surface area contributed by atoms with Gasteiger partial charge in [-0.1, -0.05) is 13.2 Å². The first-order valence-corrected chi connectivity index (χ1v) is 20.9. The molecule has 2 fully saturated rings. The molecule has 45 heavy (non-hydrogen) atoms. The molecule has 240 valence electrons. The fourth-order valence-electron chi connectivity index (χ4n) is 7.91. The number of anilines is 2. The van der Waals surface area contributed by atoms with Crippen molar-refractivity contribution in [2.45, 2.75) is 62.2 Å². The van der Waals surface area contributed by atoms with Gasteiger partial charge in [0.2, 0.25) is 11.9 Å². The Morgan fingerprint density at radius 1 is 0.822 bits per heavy atom. The van der Waals surface area contributed by atoms with Crippen molar-refractivity contribution in [1.82, 2.24) is 39.0 Å². The molecule has 6 atom stereocenters. The Labute approximate surface area is 260 Å². The molecule has 0 aliphatic heterocycles. The van der Waals surface area contributed by atoms with Crippen molar-refractivity contribution in [2.24, 2.45) is 11.8 Å². The molecule has 4 aromatic rings. The molecule has 0 bridgehead atoms. The summed E-state index contributed by atoms with van der Waals surface area (Å²) < 4.78 is 10.9. The summed E-state index contributed by atoms with van der Waals surface area (Å²) in [6.45, 7) is 17.3. The van der Waals surface area contributed by atoms with E-state index in [-0.39, 0.29) is 71.1 Å². The van der Waals surface area contributed by atoms with E-state index >= 15 is 0 Å². The van der Waals surface area contributed by atoms with Crippen molar-refractivity contribution >= 4 is 50.9 Å². The van der Waals surface area contributed by atoms with Gasteiger partial charge in [-0.2, -0.15) is 9.97 Å². The van der Waals surface area contributed by atoms with E-state index in [0.29, 0.717) is 24.1 Å². The minimum absolute atomic E-state index is 0.00328. The Hall–Kier alpha value is -3.91. The number of nitrogens with one attached hydrogen (secondary N) is 2. The SMILES string of the molecule is C=C1[C@H](CO)[C@@H]([Si](C)(C)O[Si](C)(C)[C@H]2C[C@H](n3cnc4c(=O)[nH]c(N)nc43)C(=C)[C@@H]2CO)C[C@@H]1n1cnc2c(=O)[nH]c(N)nc21. The zero-order chi connectivity index (χ0) is 32.6. The smallest absolute Gasteiger partial charge is 0.280 e. The van der Waals surface area contributed by atoms with Crippen LogP contribution in [0.25, 0.3) is 22.3 Å². The molecule has 2 saturated carbocycles. The number of aromatic amines is 2. The van der Waals surface area contributed by atoms with Gasteiger partial charge >= 0.3 is 0 Å². The topological polar surface area (TPSA) is 229 Å². The monoisotopic (exact) mass is 652 g/mol. The van der Waals surface area contributed by atoms with Gasteiger partial charge in [-0.05, 0) is 61.3 Å². The number of aromatic nitrogens is 8. The van der Waals surface area contributed by atoms with E-state index < -0.39 is 27.8 Å². The fourth-order valence-corrected chi connectivity index (χ4v) is 18.7. The van der Waals surface area contributed by atoms with Crippen LogP contribution in [-0.4, -0.2) is 79.1 Å². The Balaban J connectivity index is 1.29. The van der Waals surface area contributed by atoms with Gasteiger partial charge < -0.3 is 34.9 Å². The third kappa shape index (κ3) is 4.98. The number of rotatable bonds is 8. The lowest BCUT2D eigenvalue weighted by Crippen LogP contribution is -2.51. The summed E-state index contributed by atoms with van der Waals surface area (Å²) in [5, 5.41) is 21.2. The number of nitrogens with zero attached hydrogens (tertiary/aromatic N) is 6. The second kappa shape index (κ2) is 10.9. The van der Waals surface area contributed by atoms with Gasteiger partial charge in [0.1, 0.15) is 0 Å². The summed E-state index contributed by atoms with van der Waals surface area (Å²) in [4.78, 5) is 47.1. The zero-order valence-electron chi connectivity index (χ0n) is 25.8. The molecule has 0 radical (unpaired) electrons. The van der Waals surface area contributed by atoms with Crippen LogP contribution in [0.4, 0.5) is 11.9 Å². The molecule has 15 nitrogen and oxygen atoms in total. The number of aliphatic hydroxyl groups excluding tert-OH is 2. The fraction of sp³-hybridized carbons (Fsp3) is 0.500. The highest BCUT2D eigenvalue weighted by molar-refractivity contribution is 6.86. The van der Waals surface area contributed by atoms with Crippen molar-refractivity contribution in [2.75, 3.05) is 24.7 Å². The molecule has 6 rings (SSSR count). The van der Waals surface area contributed by atoms with E-state index in [1.54, 1.807) is 12.7 Å². The molecule has 2 aliphatic rings. The predicted octanol–water partition coefficient (Wildman–Crippen LogP) is 1.80. The van der Waals surface area contributed by atoms with E-state index in [1.807, 2.05) is 9.13 Å². The van der Waals surface area contributed by atoms with Crippen LogP contribution in [0.3, 0.4) is 0 Å². The first kappa shape index (κ1) is 31.1. The van der Waals surface area contributed by atoms with Gasteiger partial charge in [0.25, 0.3) is 11.1 Å². The Morgan fingerprint density at radius 2 is 1.20 bits per heavy atom. The summed E-state index contributed by atoms with van der Waals surface area (Å²) in [5.74, 6) is -0.428. The van der Waals surface area contributed by atoms with Gasteiger partial charge in [0.15, 0.2) is 39.0 Å². The highest BCUT2D eigenvalue weighted by atomic mass is 28.4. The lowest BCUT2D eigenvalue weighted by atomic mass is 10.0. The largest absolute Gasteiger partial charge is 0.455 e. The normalized spacial score (nSPS) is 26.1. The summed E-state index contributed by atoms with van der Waals surface area (Å²) in [7, 11) is -5.13. The average Bonchev–Trinajstić information content (AvgIpc) is 3.71. The first-order valence-electron chi connectivity index (χ1n) is 14.9. The number of imidazole rings is 2. The third-order valence-electron chi connectivity index (χ3n) is 10.0. The molecule has 0 spiro atoms. The Bertz CT molecular complexity index is 1810. The zero-order valence-corrected chi connectivity index (χ0v) is 27.8. The molecule has 8 N–H and O–H groups in total. The summed E-state index contributed by atoms with van der Waals surface area (Å²) >= 11 is 0. The standard InChI is InChI=1S/C28H40N10O5Si2/c1-13-15(9-39)19(7-17(13)37-11-31-21-23(37)33-27(29)35-25(21)41)44(3,4)43-45(5,6)20-8-18(14(2)16(20)10-40)38-12-32-22-24(38)34-28(30)36-26(22)42/h11-12,15-20,39-40H,1-2,7-10H2,3-6H3,(H3,29,33,35,41)(H3,30,34,36,42)/t15-,16-,17-,18-,19-,20-/m0/s1. The molecule has 0 saturated heterocycles. The maximum absolute atomic E-state index is 12.4. The molecular formula is C28H40N10O5Si2. The number of hydrogen-bond acceptors (Lipinski definition) is 11. The summed E-state index contributed by atoms with van der Waals surface area (Å²) in [6.07, 6.45) is 4.44. The van der Waals surface area contributed by atoms with E-state index in [0.717, 1.165) is 11.1 Å². The second-order valence-electron chi connectivity index (χ2n) is 13.3. The lowest BCUT2D eigenvalue weighted by molar-refractivity contribution is 0.239. The number of fused-ring (bicyclic) bond motifs is 2. The third-order valence-corrected chi connectivity index (χ3v) is 19.1. The molecule has 4 heterocycles.